The van der Waals surface area contributed by atoms with Gasteiger partial charge >= 0.3 is 0 Å². The van der Waals surface area contributed by atoms with Gasteiger partial charge in [-0.2, -0.15) is 0 Å². The molecule has 1 aromatic carbocycles. The van der Waals surface area contributed by atoms with E-state index in [-0.39, 0.29) is 0 Å². The maximum absolute atomic E-state index is 13.4. The summed E-state index contributed by atoms with van der Waals surface area (Å²) in [7, 11) is 0. The third kappa shape index (κ3) is 3.70. The summed E-state index contributed by atoms with van der Waals surface area (Å²) in [4.78, 5) is 0. The Kier molecular flexibility index (Phi) is 5.15. The second kappa shape index (κ2) is 7.10. The highest BCUT2D eigenvalue weighted by atomic mass is 19.1. The van der Waals surface area contributed by atoms with Gasteiger partial charge in [0.15, 0.2) is 0 Å². The van der Waals surface area contributed by atoms with E-state index in [0.29, 0.717) is 5.41 Å². The summed E-state index contributed by atoms with van der Waals surface area (Å²) in [6.45, 7) is 0. The Labute approximate surface area is 133 Å². The summed E-state index contributed by atoms with van der Waals surface area (Å²) in [5.41, 5.74) is 1.28. The molecular formula is C20H28F2. The first-order valence-electron chi connectivity index (χ1n) is 9.13. The molecule has 0 radical (unpaired) electrons. The van der Waals surface area contributed by atoms with Crippen molar-refractivity contribution in [2.24, 2.45) is 11.3 Å². The molecular weight excluding hydrogens is 278 g/mol. The summed E-state index contributed by atoms with van der Waals surface area (Å²) in [6.07, 6.45) is 15.5. The molecule has 0 spiro atoms. The van der Waals surface area contributed by atoms with E-state index in [9.17, 15) is 8.78 Å². The van der Waals surface area contributed by atoms with Crippen LogP contribution in [0, 0.1) is 23.0 Å². The fourth-order valence-corrected chi connectivity index (χ4v) is 4.98. The van der Waals surface area contributed by atoms with Crippen LogP contribution in [-0.4, -0.2) is 0 Å². The van der Waals surface area contributed by atoms with E-state index in [0.717, 1.165) is 30.4 Å². The average molecular weight is 306 g/mol. The SMILES string of the molecule is Fc1cc(F)cc(CCC2(C3CCCCC3)CCCCC2)c1. The monoisotopic (exact) mass is 306 g/mol. The first-order chi connectivity index (χ1) is 10.7. The first kappa shape index (κ1) is 16.0. The molecule has 2 heteroatoms. The van der Waals surface area contributed by atoms with Crippen molar-refractivity contribution in [1.82, 2.24) is 0 Å². The molecule has 2 aliphatic carbocycles. The Morgan fingerprint density at radius 1 is 0.818 bits per heavy atom. The molecule has 0 aliphatic heterocycles. The van der Waals surface area contributed by atoms with Crippen LogP contribution in [0.5, 0.6) is 0 Å². The smallest absolute Gasteiger partial charge is 0.126 e. The van der Waals surface area contributed by atoms with Gasteiger partial charge in [-0.15, -0.1) is 0 Å². The van der Waals surface area contributed by atoms with Crippen molar-refractivity contribution in [3.63, 3.8) is 0 Å². The van der Waals surface area contributed by atoms with Crippen LogP contribution in [0.2, 0.25) is 0 Å². The van der Waals surface area contributed by atoms with Gasteiger partial charge in [-0.1, -0.05) is 38.5 Å². The van der Waals surface area contributed by atoms with Crippen molar-refractivity contribution in [2.45, 2.75) is 77.0 Å². The molecule has 1 aromatic rings. The van der Waals surface area contributed by atoms with Gasteiger partial charge in [-0.05, 0) is 67.6 Å². The lowest BCUT2D eigenvalue weighted by Crippen LogP contribution is -2.35. The zero-order valence-electron chi connectivity index (χ0n) is 13.6. The Bertz CT molecular complexity index is 462. The van der Waals surface area contributed by atoms with Crippen molar-refractivity contribution in [3.8, 4) is 0 Å². The molecule has 0 unspecified atom stereocenters. The average Bonchev–Trinajstić information content (AvgIpc) is 2.54. The molecule has 0 aromatic heterocycles. The molecule has 2 fully saturated rings. The van der Waals surface area contributed by atoms with Gasteiger partial charge in [-0.25, -0.2) is 8.78 Å². The molecule has 0 atom stereocenters. The summed E-state index contributed by atoms with van der Waals surface area (Å²) >= 11 is 0. The van der Waals surface area contributed by atoms with Crippen molar-refractivity contribution < 1.29 is 8.78 Å². The third-order valence-electron chi connectivity index (χ3n) is 6.15. The van der Waals surface area contributed by atoms with Crippen LogP contribution in [0.15, 0.2) is 18.2 Å². The number of aryl methyl sites for hydroxylation is 1. The predicted octanol–water partition coefficient (Wildman–Crippen LogP) is 6.43. The van der Waals surface area contributed by atoms with Crippen LogP contribution in [0.25, 0.3) is 0 Å². The highest BCUT2D eigenvalue weighted by molar-refractivity contribution is 5.18. The quantitative estimate of drug-likeness (QED) is 0.601. The Morgan fingerprint density at radius 3 is 2.05 bits per heavy atom. The minimum atomic E-state index is -0.439. The molecule has 0 heterocycles. The minimum absolute atomic E-state index is 0.439. The van der Waals surface area contributed by atoms with E-state index in [2.05, 4.69) is 0 Å². The summed E-state index contributed by atoms with van der Waals surface area (Å²) in [5, 5.41) is 0. The number of rotatable bonds is 4. The lowest BCUT2D eigenvalue weighted by Gasteiger charge is -2.46. The normalized spacial score (nSPS) is 22.6. The molecule has 0 N–H and O–H groups in total. The summed E-state index contributed by atoms with van der Waals surface area (Å²) in [6, 6.07) is 4.00. The van der Waals surface area contributed by atoms with E-state index < -0.39 is 11.6 Å². The van der Waals surface area contributed by atoms with Gasteiger partial charge in [0.1, 0.15) is 11.6 Å². The lowest BCUT2D eigenvalue weighted by atomic mass is 9.59. The van der Waals surface area contributed by atoms with Crippen LogP contribution >= 0.6 is 0 Å². The third-order valence-corrected chi connectivity index (χ3v) is 6.15. The fraction of sp³-hybridized carbons (Fsp3) is 0.700. The summed E-state index contributed by atoms with van der Waals surface area (Å²) in [5.74, 6) is -0.0318. The van der Waals surface area contributed by atoms with Crippen molar-refractivity contribution >= 4 is 0 Å². The van der Waals surface area contributed by atoms with E-state index >= 15 is 0 Å². The zero-order chi connectivity index (χ0) is 15.4. The molecule has 2 aliphatic rings. The van der Waals surface area contributed by atoms with Gasteiger partial charge in [-0.3, -0.25) is 0 Å². The highest BCUT2D eigenvalue weighted by Crippen LogP contribution is 2.51. The van der Waals surface area contributed by atoms with Crippen LogP contribution in [0.3, 0.4) is 0 Å². The number of halogens is 2. The Hall–Kier alpha value is -0.920. The molecule has 0 bridgehead atoms. The van der Waals surface area contributed by atoms with Crippen molar-refractivity contribution in [2.75, 3.05) is 0 Å². The fourth-order valence-electron chi connectivity index (χ4n) is 4.98. The van der Waals surface area contributed by atoms with Crippen LogP contribution < -0.4 is 0 Å². The largest absolute Gasteiger partial charge is 0.207 e. The van der Waals surface area contributed by atoms with E-state index in [1.54, 1.807) is 0 Å². The van der Waals surface area contributed by atoms with Crippen LogP contribution in [0.1, 0.15) is 76.2 Å². The first-order valence-corrected chi connectivity index (χ1v) is 9.13. The Morgan fingerprint density at radius 2 is 1.41 bits per heavy atom. The second-order valence-electron chi connectivity index (χ2n) is 7.54. The van der Waals surface area contributed by atoms with E-state index in [4.69, 9.17) is 0 Å². The Balaban J connectivity index is 1.72. The zero-order valence-corrected chi connectivity index (χ0v) is 13.6. The maximum Gasteiger partial charge on any atom is 0.126 e. The lowest BCUT2D eigenvalue weighted by molar-refractivity contribution is 0.0578. The van der Waals surface area contributed by atoms with Gasteiger partial charge in [0.05, 0.1) is 0 Å². The molecule has 22 heavy (non-hydrogen) atoms. The molecule has 0 saturated heterocycles. The molecule has 0 amide bonds. The second-order valence-corrected chi connectivity index (χ2v) is 7.54. The van der Waals surface area contributed by atoms with Crippen molar-refractivity contribution in [1.29, 1.82) is 0 Å². The van der Waals surface area contributed by atoms with Crippen LogP contribution in [0.4, 0.5) is 8.78 Å². The molecule has 2 saturated carbocycles. The van der Waals surface area contributed by atoms with Crippen molar-refractivity contribution in [3.05, 3.63) is 35.4 Å². The number of hydrogen-bond donors (Lipinski definition) is 0. The van der Waals surface area contributed by atoms with Gasteiger partial charge in [0.2, 0.25) is 0 Å². The minimum Gasteiger partial charge on any atom is -0.207 e. The topological polar surface area (TPSA) is 0 Å². The summed E-state index contributed by atoms with van der Waals surface area (Å²) < 4.78 is 26.8. The highest BCUT2D eigenvalue weighted by Gasteiger charge is 2.39. The van der Waals surface area contributed by atoms with Gasteiger partial charge < -0.3 is 0 Å². The number of hydrogen-bond acceptors (Lipinski definition) is 0. The van der Waals surface area contributed by atoms with Gasteiger partial charge in [0, 0.05) is 6.07 Å². The molecule has 122 valence electrons. The number of benzene rings is 1. The van der Waals surface area contributed by atoms with Gasteiger partial charge in [0.25, 0.3) is 0 Å². The maximum atomic E-state index is 13.4. The predicted molar refractivity (Wildman–Crippen MR) is 86.8 cm³/mol. The van der Waals surface area contributed by atoms with E-state index in [1.807, 2.05) is 0 Å². The van der Waals surface area contributed by atoms with E-state index in [1.165, 1.54) is 76.3 Å². The molecule has 0 nitrogen and oxygen atoms in total. The molecule has 3 rings (SSSR count). The van der Waals surface area contributed by atoms with Crippen LogP contribution in [-0.2, 0) is 6.42 Å². The standard InChI is InChI=1S/C20H28F2/c21-18-13-16(14-19(22)15-18)9-12-20(10-5-2-6-11-20)17-7-3-1-4-8-17/h13-15,17H,1-12H2.